The number of nitrogens with one attached hydrogen (secondary N) is 1. The number of alkyl halides is 6. The Morgan fingerprint density at radius 3 is 1.92 bits per heavy atom. The maximum atomic E-state index is 14.0. The van der Waals surface area contributed by atoms with Gasteiger partial charge in [0.2, 0.25) is 0 Å². The monoisotopic (exact) mass is 730 g/mol. The van der Waals surface area contributed by atoms with Crippen molar-refractivity contribution in [1.82, 2.24) is 4.90 Å². The summed E-state index contributed by atoms with van der Waals surface area (Å²) >= 11 is 0. The van der Waals surface area contributed by atoms with E-state index in [4.69, 9.17) is 4.74 Å². The molecule has 2 aliphatic carbocycles. The molecule has 0 bridgehead atoms. The maximum Gasteiger partial charge on any atom is 0.430 e. The van der Waals surface area contributed by atoms with E-state index in [1.807, 2.05) is 24.3 Å². The molecule has 51 heavy (non-hydrogen) atoms. The molecule has 1 atom stereocenters. The number of amides is 2. The molecule has 8 nitrogen and oxygen atoms in total. The minimum atomic E-state index is -6.10. The lowest BCUT2D eigenvalue weighted by Gasteiger charge is -2.32. The second-order valence-electron chi connectivity index (χ2n) is 12.8. The highest BCUT2D eigenvalue weighted by molar-refractivity contribution is 7.91. The number of ether oxygens (including phenoxy) is 1. The first kappa shape index (κ1) is 34.6. The fraction of sp³-hybridized carbons (Fsp3) is 0.278. The van der Waals surface area contributed by atoms with E-state index in [9.17, 15) is 49.5 Å². The number of nitrogens with zero attached hydrogens (tertiary/aromatic N) is 1. The molecule has 0 aromatic heterocycles. The van der Waals surface area contributed by atoms with Gasteiger partial charge in [-0.15, -0.1) is 0 Å². The number of carbonyl (C=O) groups excluding carboxylic acids is 2. The smallest absolute Gasteiger partial charge is 0.430 e. The molecule has 15 heteroatoms. The van der Waals surface area contributed by atoms with E-state index in [1.165, 1.54) is 18.2 Å². The fourth-order valence-electron chi connectivity index (χ4n) is 6.66. The van der Waals surface area contributed by atoms with Gasteiger partial charge in [-0.25, -0.2) is 13.2 Å². The molecule has 0 spiro atoms. The van der Waals surface area contributed by atoms with E-state index >= 15 is 0 Å². The third-order valence-electron chi connectivity index (χ3n) is 9.44. The van der Waals surface area contributed by atoms with Crippen molar-refractivity contribution in [2.45, 2.75) is 54.4 Å². The van der Waals surface area contributed by atoms with Crippen LogP contribution in [0.15, 0.2) is 95.9 Å². The summed E-state index contributed by atoms with van der Waals surface area (Å²) in [5.74, 6) is -0.892. The number of aliphatic hydroxyl groups is 1. The van der Waals surface area contributed by atoms with Gasteiger partial charge in [-0.2, -0.15) is 26.3 Å². The average Bonchev–Trinajstić information content (AvgIpc) is 3.71. The van der Waals surface area contributed by atoms with Gasteiger partial charge in [0.25, 0.3) is 11.5 Å². The van der Waals surface area contributed by atoms with Crippen molar-refractivity contribution in [3.05, 3.63) is 119 Å². The van der Waals surface area contributed by atoms with E-state index in [0.717, 1.165) is 41.0 Å². The number of carbonyl (C=O) groups is 2. The molecular weight excluding hydrogens is 702 g/mol. The van der Waals surface area contributed by atoms with Crippen LogP contribution in [0.1, 0.15) is 52.8 Å². The highest BCUT2D eigenvalue weighted by Gasteiger charge is 2.71. The number of rotatable bonds is 7. The van der Waals surface area contributed by atoms with Gasteiger partial charge < -0.3 is 15.2 Å². The van der Waals surface area contributed by atoms with Crippen molar-refractivity contribution < 1.29 is 54.2 Å². The van der Waals surface area contributed by atoms with Crippen LogP contribution in [0.3, 0.4) is 0 Å². The van der Waals surface area contributed by atoms with Crippen molar-refractivity contribution in [1.29, 1.82) is 0 Å². The summed E-state index contributed by atoms with van der Waals surface area (Å²) in [5, 5.41) is 12.2. The van der Waals surface area contributed by atoms with Crippen LogP contribution in [0.2, 0.25) is 0 Å². The van der Waals surface area contributed by atoms with E-state index < -0.39 is 57.5 Å². The molecule has 7 rings (SSSR count). The summed E-state index contributed by atoms with van der Waals surface area (Å²) in [6.07, 6.45) is -12.4. The van der Waals surface area contributed by atoms with Crippen molar-refractivity contribution in [3.8, 4) is 11.1 Å². The number of anilines is 1. The SMILES string of the molecule is O=C(Nc1ccc(C(O)(C(F)(F)F)C(F)(F)F)cc1)C1c2ccc(S(=O)(=O)CC3CC3)cc2CN1C(=O)OC1c2ccccc2-c2ccccc21. The van der Waals surface area contributed by atoms with Crippen molar-refractivity contribution in [2.75, 3.05) is 11.1 Å². The number of benzene rings is 4. The lowest BCUT2D eigenvalue weighted by molar-refractivity contribution is -0.376. The summed E-state index contributed by atoms with van der Waals surface area (Å²) in [6.45, 7) is -0.238. The minimum absolute atomic E-state index is 0.0126. The zero-order valence-corrected chi connectivity index (χ0v) is 27.1. The van der Waals surface area contributed by atoms with Gasteiger partial charge in [-0.1, -0.05) is 66.7 Å². The third-order valence-corrected chi connectivity index (χ3v) is 11.3. The Morgan fingerprint density at radius 2 is 1.37 bits per heavy atom. The number of fused-ring (bicyclic) bond motifs is 4. The van der Waals surface area contributed by atoms with Gasteiger partial charge in [-0.3, -0.25) is 9.69 Å². The number of hydrogen-bond acceptors (Lipinski definition) is 6. The lowest BCUT2D eigenvalue weighted by atomic mass is 9.92. The Labute approximate surface area is 287 Å². The predicted octanol–water partition coefficient (Wildman–Crippen LogP) is 7.58. The molecule has 3 aliphatic rings. The molecule has 1 heterocycles. The number of sulfone groups is 1. The van der Waals surface area contributed by atoms with Crippen LogP contribution >= 0.6 is 0 Å². The predicted molar refractivity (Wildman–Crippen MR) is 171 cm³/mol. The molecule has 1 aliphatic heterocycles. The van der Waals surface area contributed by atoms with E-state index in [-0.39, 0.29) is 34.4 Å². The molecule has 1 fully saturated rings. The standard InChI is InChI=1S/C36H28F6N2O6S/c37-35(38,39)34(47,36(40,41)42)22-11-13-23(14-12-22)43-32(45)30-25-16-15-24(51(48,49)19-20-9-10-20)17-21(25)18-44(30)33(46)50-31-28-7-3-1-5-26(28)27-6-2-4-8-29(27)31/h1-8,11-17,20,30-31,47H,9-10,18-19H2,(H,43,45). The van der Waals surface area contributed by atoms with Crippen molar-refractivity contribution in [3.63, 3.8) is 0 Å². The van der Waals surface area contributed by atoms with E-state index in [1.54, 1.807) is 24.3 Å². The molecular formula is C36H28F6N2O6S. The van der Waals surface area contributed by atoms with Crippen LogP contribution in [-0.4, -0.2) is 48.5 Å². The quantitative estimate of drug-likeness (QED) is 0.190. The number of halogens is 6. The summed E-state index contributed by atoms with van der Waals surface area (Å²) < 4.78 is 113. The Morgan fingerprint density at radius 1 is 0.804 bits per heavy atom. The Bertz CT molecular complexity index is 2090. The summed E-state index contributed by atoms with van der Waals surface area (Å²) in [4.78, 5) is 29.0. The van der Waals surface area contributed by atoms with E-state index in [2.05, 4.69) is 5.32 Å². The van der Waals surface area contributed by atoms with Gasteiger partial charge >= 0.3 is 18.4 Å². The van der Waals surface area contributed by atoms with Gasteiger partial charge in [0.1, 0.15) is 6.04 Å². The highest BCUT2D eigenvalue weighted by atomic mass is 32.2. The van der Waals surface area contributed by atoms with Gasteiger partial charge in [0, 0.05) is 22.4 Å². The van der Waals surface area contributed by atoms with Crippen LogP contribution in [-0.2, 0) is 31.5 Å². The number of hydrogen-bond donors (Lipinski definition) is 2. The van der Waals surface area contributed by atoms with Gasteiger partial charge in [0.15, 0.2) is 15.9 Å². The third kappa shape index (κ3) is 6.01. The lowest BCUT2D eigenvalue weighted by Crippen LogP contribution is -2.53. The maximum absolute atomic E-state index is 14.0. The Balaban J connectivity index is 1.20. The van der Waals surface area contributed by atoms with Crippen LogP contribution < -0.4 is 5.32 Å². The zero-order chi connectivity index (χ0) is 36.5. The second kappa shape index (κ2) is 12.1. The second-order valence-corrected chi connectivity index (χ2v) is 14.9. The van der Waals surface area contributed by atoms with Crippen LogP contribution in [0.25, 0.3) is 11.1 Å². The molecule has 4 aromatic rings. The van der Waals surface area contributed by atoms with Crippen molar-refractivity contribution >= 4 is 27.5 Å². The Kier molecular flexibility index (Phi) is 8.21. The Hall–Kier alpha value is -4.89. The zero-order valence-electron chi connectivity index (χ0n) is 26.3. The molecule has 0 radical (unpaired) electrons. The fourth-order valence-corrected chi connectivity index (χ4v) is 8.41. The molecule has 1 saturated carbocycles. The minimum Gasteiger partial charge on any atom is -0.436 e. The summed E-state index contributed by atoms with van der Waals surface area (Å²) in [5.41, 5.74) is -3.22. The van der Waals surface area contributed by atoms with E-state index in [0.29, 0.717) is 28.8 Å². The first-order valence-corrected chi connectivity index (χ1v) is 17.4. The molecule has 2 amide bonds. The molecule has 266 valence electrons. The molecule has 4 aromatic carbocycles. The van der Waals surface area contributed by atoms with Crippen LogP contribution in [0.4, 0.5) is 36.8 Å². The summed E-state index contributed by atoms with van der Waals surface area (Å²) in [6, 6.07) is 19.6. The van der Waals surface area contributed by atoms with Crippen molar-refractivity contribution in [2.24, 2.45) is 5.92 Å². The first-order chi connectivity index (χ1) is 24.0. The average molecular weight is 731 g/mol. The van der Waals surface area contributed by atoms with Gasteiger partial charge in [-0.05, 0) is 65.3 Å². The topological polar surface area (TPSA) is 113 Å². The highest BCUT2D eigenvalue weighted by Crippen LogP contribution is 2.50. The van der Waals surface area contributed by atoms with Gasteiger partial charge in [0.05, 0.1) is 17.2 Å². The van der Waals surface area contributed by atoms with Crippen LogP contribution in [0.5, 0.6) is 0 Å². The van der Waals surface area contributed by atoms with Crippen LogP contribution in [0, 0.1) is 5.92 Å². The normalized spacial score (nSPS) is 17.5. The molecule has 2 N–H and O–H groups in total. The molecule has 1 unspecified atom stereocenters. The largest absolute Gasteiger partial charge is 0.436 e. The molecule has 0 saturated heterocycles. The summed E-state index contributed by atoms with van der Waals surface area (Å²) in [7, 11) is -3.68. The first-order valence-electron chi connectivity index (χ1n) is 15.8.